The number of aliphatic hydroxyl groups excluding tert-OH is 3. The number of aliphatic carboxylic acids is 1. The fourth-order valence-corrected chi connectivity index (χ4v) is 3.28. The average Bonchev–Trinajstić information content (AvgIpc) is 2.78. The lowest BCUT2D eigenvalue weighted by Gasteiger charge is -2.37. The second-order valence-corrected chi connectivity index (χ2v) is 7.59. The van der Waals surface area contributed by atoms with Crippen molar-refractivity contribution in [3.8, 4) is 0 Å². The first-order valence-corrected chi connectivity index (χ1v) is 10.7. The molecule has 1 aromatic carbocycles. The number of hydrogen-bond acceptors (Lipinski definition) is 9. The fraction of sp³-hybridized carbons (Fsp3) is 0.591. The van der Waals surface area contributed by atoms with Crippen molar-refractivity contribution in [1.82, 2.24) is 0 Å². The Morgan fingerprint density at radius 2 is 1.47 bits per heavy atom. The summed E-state index contributed by atoms with van der Waals surface area (Å²) < 4.78 is 15.2. The first-order valence-electron chi connectivity index (χ1n) is 10.7. The summed E-state index contributed by atoms with van der Waals surface area (Å²) in [4.78, 5) is 36.2. The van der Waals surface area contributed by atoms with Gasteiger partial charge in [-0.05, 0) is 18.6 Å². The molecule has 0 bridgehead atoms. The maximum Gasteiger partial charge on any atom is 0.341 e. The zero-order chi connectivity index (χ0) is 23.7. The van der Waals surface area contributed by atoms with Crippen molar-refractivity contribution < 1.29 is 49.0 Å². The van der Waals surface area contributed by atoms with Crippen LogP contribution in [0.15, 0.2) is 24.3 Å². The molecule has 1 aliphatic rings. The first-order chi connectivity index (χ1) is 15.3. The van der Waals surface area contributed by atoms with E-state index in [9.17, 15) is 29.7 Å². The summed E-state index contributed by atoms with van der Waals surface area (Å²) in [5.74, 6) is -3.42. The van der Waals surface area contributed by atoms with Gasteiger partial charge in [-0.15, -0.1) is 0 Å². The summed E-state index contributed by atoms with van der Waals surface area (Å²) in [7, 11) is 0. The Morgan fingerprint density at radius 1 is 0.875 bits per heavy atom. The molecular weight excluding hydrogens is 424 g/mol. The molecule has 1 aliphatic heterocycles. The third-order valence-electron chi connectivity index (χ3n) is 5.13. The van der Waals surface area contributed by atoms with Crippen LogP contribution in [0.25, 0.3) is 0 Å². The number of unbranched alkanes of at least 4 members (excludes halogenated alkanes) is 5. The van der Waals surface area contributed by atoms with Crippen molar-refractivity contribution in [2.24, 2.45) is 0 Å². The van der Waals surface area contributed by atoms with Crippen LogP contribution in [0.5, 0.6) is 0 Å². The van der Waals surface area contributed by atoms with E-state index in [4.69, 9.17) is 19.3 Å². The number of carbonyl (C=O) groups is 3. The average molecular weight is 454 g/mol. The molecule has 10 nitrogen and oxygen atoms in total. The lowest BCUT2D eigenvalue weighted by molar-refractivity contribution is -0.278. The lowest BCUT2D eigenvalue weighted by Crippen LogP contribution is -2.60. The number of carbonyl (C=O) groups excluding carboxylic acids is 2. The number of esters is 2. The van der Waals surface area contributed by atoms with Crippen molar-refractivity contribution >= 4 is 17.9 Å². The Labute approximate surface area is 185 Å². The van der Waals surface area contributed by atoms with Gasteiger partial charge in [-0.25, -0.2) is 14.4 Å². The number of benzene rings is 1. The van der Waals surface area contributed by atoms with Gasteiger partial charge < -0.3 is 34.6 Å². The summed E-state index contributed by atoms with van der Waals surface area (Å²) in [6.45, 7) is 2.32. The van der Waals surface area contributed by atoms with Crippen LogP contribution in [0.2, 0.25) is 0 Å². The van der Waals surface area contributed by atoms with E-state index >= 15 is 0 Å². The predicted octanol–water partition coefficient (Wildman–Crippen LogP) is 1.25. The van der Waals surface area contributed by atoms with Gasteiger partial charge in [0.25, 0.3) is 0 Å². The van der Waals surface area contributed by atoms with Gasteiger partial charge in [0.15, 0.2) is 6.10 Å². The molecule has 5 atom stereocenters. The SMILES string of the molecule is CCCCCCCCOC(=O)c1ccccc1C(=O)O[C@@H]1O[C@H](C(=O)O)[C@@H](O)C(O)C1O. The van der Waals surface area contributed by atoms with Crippen molar-refractivity contribution in [1.29, 1.82) is 0 Å². The van der Waals surface area contributed by atoms with Crippen LogP contribution >= 0.6 is 0 Å². The Balaban J connectivity index is 1.99. The number of hydrogen-bond donors (Lipinski definition) is 4. The number of rotatable bonds is 11. The maximum atomic E-state index is 12.6. The molecule has 178 valence electrons. The van der Waals surface area contributed by atoms with Crippen LogP contribution in [0.3, 0.4) is 0 Å². The second kappa shape index (κ2) is 12.5. The van der Waals surface area contributed by atoms with Crippen LogP contribution in [0.4, 0.5) is 0 Å². The van der Waals surface area contributed by atoms with Gasteiger partial charge in [0.05, 0.1) is 17.7 Å². The molecule has 0 aromatic heterocycles. The van der Waals surface area contributed by atoms with E-state index in [1.54, 1.807) is 0 Å². The molecular formula is C22H30O10. The Hall–Kier alpha value is -2.53. The summed E-state index contributed by atoms with van der Waals surface area (Å²) >= 11 is 0. The third kappa shape index (κ3) is 6.73. The molecule has 10 heteroatoms. The summed E-state index contributed by atoms with van der Waals surface area (Å²) in [5, 5.41) is 38.6. The van der Waals surface area contributed by atoms with E-state index in [1.807, 2.05) is 0 Å². The molecule has 1 aromatic rings. The highest BCUT2D eigenvalue weighted by atomic mass is 16.7. The molecule has 2 unspecified atom stereocenters. The minimum atomic E-state index is -1.92. The first kappa shape index (κ1) is 25.7. The molecule has 2 rings (SSSR count). The van der Waals surface area contributed by atoms with Crippen molar-refractivity contribution in [2.45, 2.75) is 76.2 Å². The Bertz CT molecular complexity index is 780. The van der Waals surface area contributed by atoms with Gasteiger partial charge in [0.2, 0.25) is 6.29 Å². The molecule has 32 heavy (non-hydrogen) atoms. The zero-order valence-corrected chi connectivity index (χ0v) is 17.9. The van der Waals surface area contributed by atoms with E-state index in [0.29, 0.717) is 6.42 Å². The van der Waals surface area contributed by atoms with Gasteiger partial charge in [0, 0.05) is 0 Å². The minimum absolute atomic E-state index is 0.0656. The third-order valence-corrected chi connectivity index (χ3v) is 5.13. The molecule has 0 amide bonds. The standard InChI is InChI=1S/C22H30O10/c1-2-3-4-5-6-9-12-30-20(28)13-10-7-8-11-14(13)21(29)32-22-17(25)15(23)16(24)18(31-22)19(26)27/h7-8,10-11,15-18,22-25H,2-6,9,12H2,1H3,(H,26,27)/t15?,16-,17?,18-,22-/m0/s1. The zero-order valence-electron chi connectivity index (χ0n) is 17.9. The molecule has 0 radical (unpaired) electrons. The molecule has 1 heterocycles. The van der Waals surface area contributed by atoms with Crippen LogP contribution in [-0.4, -0.2) is 75.6 Å². The summed E-state index contributed by atoms with van der Waals surface area (Å²) in [5.41, 5.74) is -0.243. The highest BCUT2D eigenvalue weighted by molar-refractivity contribution is 6.03. The number of carboxylic acid groups (broad SMARTS) is 1. The molecule has 0 aliphatic carbocycles. The lowest BCUT2D eigenvalue weighted by atomic mass is 9.99. The highest BCUT2D eigenvalue weighted by Gasteiger charge is 2.48. The van der Waals surface area contributed by atoms with Gasteiger partial charge in [0.1, 0.15) is 18.3 Å². The van der Waals surface area contributed by atoms with Gasteiger partial charge in [-0.3, -0.25) is 0 Å². The van der Waals surface area contributed by atoms with E-state index in [0.717, 1.165) is 32.1 Å². The molecule has 4 N–H and O–H groups in total. The molecule has 1 saturated heterocycles. The maximum absolute atomic E-state index is 12.6. The second-order valence-electron chi connectivity index (χ2n) is 7.59. The van der Waals surface area contributed by atoms with E-state index in [2.05, 4.69) is 6.92 Å². The molecule has 0 saturated carbocycles. The topological polar surface area (TPSA) is 160 Å². The van der Waals surface area contributed by atoms with Gasteiger partial charge in [-0.1, -0.05) is 51.2 Å². The predicted molar refractivity (Wildman–Crippen MR) is 110 cm³/mol. The molecule has 0 spiro atoms. The van der Waals surface area contributed by atoms with Crippen molar-refractivity contribution in [2.75, 3.05) is 6.61 Å². The van der Waals surface area contributed by atoms with Crippen LogP contribution in [-0.2, 0) is 19.0 Å². The highest BCUT2D eigenvalue weighted by Crippen LogP contribution is 2.24. The monoisotopic (exact) mass is 454 g/mol. The Morgan fingerprint density at radius 3 is 2.09 bits per heavy atom. The minimum Gasteiger partial charge on any atom is -0.479 e. The van der Waals surface area contributed by atoms with Gasteiger partial charge >= 0.3 is 17.9 Å². The van der Waals surface area contributed by atoms with Crippen molar-refractivity contribution in [3.63, 3.8) is 0 Å². The quantitative estimate of drug-likeness (QED) is 0.283. The Kier molecular flexibility index (Phi) is 10.0. The summed E-state index contributed by atoms with van der Waals surface area (Å²) in [6.07, 6.45) is -3.40. The van der Waals surface area contributed by atoms with Crippen LogP contribution < -0.4 is 0 Å². The van der Waals surface area contributed by atoms with E-state index in [1.165, 1.54) is 24.3 Å². The van der Waals surface area contributed by atoms with Crippen LogP contribution in [0, 0.1) is 0 Å². The number of ether oxygens (including phenoxy) is 3. The largest absolute Gasteiger partial charge is 0.479 e. The van der Waals surface area contributed by atoms with Crippen molar-refractivity contribution in [3.05, 3.63) is 35.4 Å². The van der Waals surface area contributed by atoms with E-state index in [-0.39, 0.29) is 17.7 Å². The summed E-state index contributed by atoms with van der Waals surface area (Å²) in [6, 6.07) is 5.69. The van der Waals surface area contributed by atoms with Gasteiger partial charge in [-0.2, -0.15) is 0 Å². The fourth-order valence-electron chi connectivity index (χ4n) is 3.28. The van der Waals surface area contributed by atoms with Crippen LogP contribution in [0.1, 0.15) is 66.2 Å². The number of aliphatic hydroxyl groups is 3. The normalized spacial score (nSPS) is 25.2. The number of carboxylic acids is 1. The smallest absolute Gasteiger partial charge is 0.341 e. The molecule has 1 fully saturated rings. The van der Waals surface area contributed by atoms with E-state index < -0.39 is 48.6 Å².